The molecule has 0 fully saturated rings. The van der Waals surface area contributed by atoms with Crippen LogP contribution in [0.3, 0.4) is 0 Å². The van der Waals surface area contributed by atoms with E-state index in [0.29, 0.717) is 18.1 Å². The molecule has 0 atom stereocenters. The van der Waals surface area contributed by atoms with E-state index in [-0.39, 0.29) is 0 Å². The molecule has 29 heavy (non-hydrogen) atoms. The second-order valence-corrected chi connectivity index (χ2v) is 7.43. The third-order valence-electron chi connectivity index (χ3n) is 5.64. The maximum absolute atomic E-state index is 9.95. The lowest BCUT2D eigenvalue weighted by molar-refractivity contribution is 0.326. The fraction of sp³-hybridized carbons (Fsp3) is 0.200. The Bertz CT molecular complexity index is 1280. The predicted molar refractivity (Wildman–Crippen MR) is 115 cm³/mol. The zero-order chi connectivity index (χ0) is 20.0. The van der Waals surface area contributed by atoms with Crippen molar-refractivity contribution < 1.29 is 4.74 Å². The number of hydrogen-bond donors (Lipinski definition) is 1. The van der Waals surface area contributed by atoms with Gasteiger partial charge in [-0.25, -0.2) is 4.98 Å². The van der Waals surface area contributed by atoms with Gasteiger partial charge in [-0.3, -0.25) is 0 Å². The van der Waals surface area contributed by atoms with Gasteiger partial charge in [0.2, 0.25) is 5.88 Å². The third kappa shape index (κ3) is 2.70. The van der Waals surface area contributed by atoms with Gasteiger partial charge in [0.1, 0.15) is 11.6 Å². The maximum atomic E-state index is 9.95. The summed E-state index contributed by atoms with van der Waals surface area (Å²) < 4.78 is 5.82. The molecule has 142 valence electrons. The minimum absolute atomic E-state index is 0.412. The number of pyridine rings is 1. The van der Waals surface area contributed by atoms with E-state index in [1.54, 1.807) is 0 Å². The third-order valence-corrected chi connectivity index (χ3v) is 5.64. The molecule has 1 aliphatic rings. The molecule has 4 aromatic rings. The Morgan fingerprint density at radius 2 is 1.90 bits per heavy atom. The number of H-pyrrole nitrogens is 1. The summed E-state index contributed by atoms with van der Waals surface area (Å²) in [5.41, 5.74) is 9.24. The smallest absolute Gasteiger partial charge is 0.232 e. The van der Waals surface area contributed by atoms with Crippen LogP contribution in [0.1, 0.15) is 29.2 Å². The molecule has 0 unspecified atom stereocenters. The summed E-state index contributed by atoms with van der Waals surface area (Å²) in [5.74, 6) is 0.412. The molecule has 0 amide bonds. The summed E-state index contributed by atoms with van der Waals surface area (Å²) in [6.07, 6.45) is 1.77. The lowest BCUT2D eigenvalue weighted by Crippen LogP contribution is -2.11. The molecule has 2 aromatic heterocycles. The minimum Gasteiger partial charge on any atom is -0.477 e. The molecular weight excluding hydrogens is 358 g/mol. The molecule has 2 heterocycles. The maximum Gasteiger partial charge on any atom is 0.232 e. The number of rotatable bonds is 3. The van der Waals surface area contributed by atoms with E-state index < -0.39 is 0 Å². The van der Waals surface area contributed by atoms with Gasteiger partial charge < -0.3 is 9.72 Å². The summed E-state index contributed by atoms with van der Waals surface area (Å²) in [7, 11) is 0. The van der Waals surface area contributed by atoms with Crippen LogP contribution in [0.5, 0.6) is 5.88 Å². The average molecular weight is 379 g/mol. The van der Waals surface area contributed by atoms with Gasteiger partial charge in [-0.1, -0.05) is 42.0 Å². The van der Waals surface area contributed by atoms with Gasteiger partial charge in [-0.2, -0.15) is 5.26 Å². The summed E-state index contributed by atoms with van der Waals surface area (Å²) in [5, 5.41) is 11.2. The van der Waals surface area contributed by atoms with Crippen molar-refractivity contribution in [2.45, 2.75) is 26.7 Å². The standard InChI is InChI=1S/C25H21N3O/c1-3-29-25-20(14-26)22(16-7-5-4-6-8-16)18-11-10-17-19-13-15(2)9-12-21(19)27-23(17)24(18)28-25/h4-9,12-13,27H,3,10-11H2,1-2H3. The quantitative estimate of drug-likeness (QED) is 0.506. The number of fused-ring (bicyclic) bond motifs is 5. The number of aryl methyl sites for hydroxylation is 2. The van der Waals surface area contributed by atoms with Crippen LogP contribution in [0.15, 0.2) is 48.5 Å². The van der Waals surface area contributed by atoms with Crippen LogP contribution in [-0.2, 0) is 12.8 Å². The van der Waals surface area contributed by atoms with Crippen molar-refractivity contribution in [2.75, 3.05) is 6.61 Å². The highest BCUT2D eigenvalue weighted by Gasteiger charge is 2.28. The first-order valence-corrected chi connectivity index (χ1v) is 9.98. The largest absolute Gasteiger partial charge is 0.477 e. The lowest BCUT2D eigenvalue weighted by Gasteiger charge is -2.22. The highest BCUT2D eigenvalue weighted by atomic mass is 16.5. The van der Waals surface area contributed by atoms with E-state index in [9.17, 15) is 5.26 Å². The van der Waals surface area contributed by atoms with Gasteiger partial charge in [0.15, 0.2) is 0 Å². The number of ether oxygens (including phenoxy) is 1. The number of nitrogens with zero attached hydrogens (tertiary/aromatic N) is 2. The molecule has 1 N–H and O–H groups in total. The number of nitriles is 1. The molecule has 0 bridgehead atoms. The predicted octanol–water partition coefficient (Wildman–Crippen LogP) is 5.57. The number of aromatic nitrogens is 2. The van der Waals surface area contributed by atoms with Crippen LogP contribution in [0.25, 0.3) is 33.4 Å². The Morgan fingerprint density at radius 1 is 1.10 bits per heavy atom. The number of benzene rings is 2. The molecule has 2 aromatic carbocycles. The van der Waals surface area contributed by atoms with Gasteiger partial charge in [-0.15, -0.1) is 0 Å². The van der Waals surface area contributed by atoms with Gasteiger partial charge >= 0.3 is 0 Å². The Kier molecular flexibility index (Phi) is 4.10. The Hall–Kier alpha value is -3.58. The second-order valence-electron chi connectivity index (χ2n) is 7.43. The van der Waals surface area contributed by atoms with Crippen molar-refractivity contribution in [1.29, 1.82) is 5.26 Å². The molecule has 1 aliphatic carbocycles. The van der Waals surface area contributed by atoms with E-state index in [1.807, 2.05) is 25.1 Å². The van der Waals surface area contributed by atoms with Crippen molar-refractivity contribution in [3.63, 3.8) is 0 Å². The van der Waals surface area contributed by atoms with Crippen LogP contribution < -0.4 is 4.74 Å². The van der Waals surface area contributed by atoms with Gasteiger partial charge in [0, 0.05) is 16.5 Å². The highest BCUT2D eigenvalue weighted by molar-refractivity contribution is 5.94. The molecular formula is C25H21N3O. The van der Waals surface area contributed by atoms with Crippen LogP contribution in [-0.4, -0.2) is 16.6 Å². The van der Waals surface area contributed by atoms with E-state index in [0.717, 1.165) is 46.4 Å². The Labute approximate surface area is 169 Å². The molecule has 4 nitrogen and oxygen atoms in total. The summed E-state index contributed by atoms with van der Waals surface area (Å²) >= 11 is 0. The lowest BCUT2D eigenvalue weighted by atomic mass is 9.85. The second kappa shape index (κ2) is 6.79. The molecule has 0 saturated heterocycles. The Morgan fingerprint density at radius 3 is 2.66 bits per heavy atom. The first-order chi connectivity index (χ1) is 14.2. The van der Waals surface area contributed by atoms with E-state index in [1.165, 1.54) is 16.5 Å². The fourth-order valence-corrected chi connectivity index (χ4v) is 4.39. The van der Waals surface area contributed by atoms with Crippen LogP contribution in [0.4, 0.5) is 0 Å². The number of hydrogen-bond acceptors (Lipinski definition) is 3. The molecule has 4 heteroatoms. The fourth-order valence-electron chi connectivity index (χ4n) is 4.39. The Balaban J connectivity index is 1.85. The normalized spacial score (nSPS) is 12.3. The molecule has 5 rings (SSSR count). The van der Waals surface area contributed by atoms with Crippen molar-refractivity contribution in [3.8, 4) is 34.5 Å². The van der Waals surface area contributed by atoms with Crippen LogP contribution >= 0.6 is 0 Å². The van der Waals surface area contributed by atoms with Gasteiger partial charge in [-0.05, 0) is 55.5 Å². The van der Waals surface area contributed by atoms with Gasteiger partial charge in [0.05, 0.1) is 18.0 Å². The highest BCUT2D eigenvalue weighted by Crippen LogP contribution is 2.44. The van der Waals surface area contributed by atoms with Crippen LogP contribution in [0, 0.1) is 18.3 Å². The monoisotopic (exact) mass is 379 g/mol. The van der Waals surface area contributed by atoms with Gasteiger partial charge in [0.25, 0.3) is 0 Å². The zero-order valence-electron chi connectivity index (χ0n) is 16.5. The van der Waals surface area contributed by atoms with E-state index >= 15 is 0 Å². The molecule has 0 radical (unpaired) electrons. The number of aromatic amines is 1. The average Bonchev–Trinajstić information content (AvgIpc) is 3.12. The number of nitrogens with one attached hydrogen (secondary N) is 1. The molecule has 0 saturated carbocycles. The topological polar surface area (TPSA) is 61.7 Å². The van der Waals surface area contributed by atoms with Crippen molar-refractivity contribution in [1.82, 2.24) is 9.97 Å². The van der Waals surface area contributed by atoms with Crippen molar-refractivity contribution in [3.05, 3.63) is 70.8 Å². The van der Waals surface area contributed by atoms with Crippen molar-refractivity contribution in [2.24, 2.45) is 0 Å². The minimum atomic E-state index is 0.412. The van der Waals surface area contributed by atoms with Crippen LogP contribution in [0.2, 0.25) is 0 Å². The van der Waals surface area contributed by atoms with E-state index in [2.05, 4.69) is 48.3 Å². The van der Waals surface area contributed by atoms with E-state index in [4.69, 9.17) is 9.72 Å². The SMILES string of the molecule is CCOc1nc2c(c(-c3ccccc3)c1C#N)CCc1c-2[nH]c2ccc(C)cc12. The molecule has 0 aliphatic heterocycles. The summed E-state index contributed by atoms with van der Waals surface area (Å²) in [4.78, 5) is 8.43. The summed E-state index contributed by atoms with van der Waals surface area (Å²) in [6.45, 7) is 4.50. The first kappa shape index (κ1) is 17.5. The zero-order valence-corrected chi connectivity index (χ0v) is 16.5. The summed E-state index contributed by atoms with van der Waals surface area (Å²) in [6, 6.07) is 19.0. The molecule has 0 spiro atoms. The first-order valence-electron chi connectivity index (χ1n) is 9.98. The van der Waals surface area contributed by atoms with Crippen molar-refractivity contribution >= 4 is 10.9 Å².